The first-order valence-electron chi connectivity index (χ1n) is 8.52. The number of para-hydroxylation sites is 1. The van der Waals surface area contributed by atoms with Gasteiger partial charge in [-0.25, -0.2) is 0 Å². The lowest BCUT2D eigenvalue weighted by molar-refractivity contribution is -0.123. The molecule has 3 N–H and O–H groups in total. The van der Waals surface area contributed by atoms with Gasteiger partial charge in [-0.15, -0.1) is 12.4 Å². The predicted molar refractivity (Wildman–Crippen MR) is 97.3 cm³/mol. The Morgan fingerprint density at radius 2 is 2.12 bits per heavy atom. The Morgan fingerprint density at radius 1 is 1.33 bits per heavy atom. The van der Waals surface area contributed by atoms with Crippen molar-refractivity contribution >= 4 is 29.9 Å². The molecular formula is C18H26ClN3O2. The third-order valence-electron chi connectivity index (χ3n) is 4.96. The Bertz CT molecular complexity index is 593. The first kappa shape index (κ1) is 18.7. The van der Waals surface area contributed by atoms with Gasteiger partial charge >= 0.3 is 0 Å². The van der Waals surface area contributed by atoms with Crippen LogP contribution in [0.4, 0.5) is 5.69 Å². The molecule has 2 aliphatic heterocycles. The van der Waals surface area contributed by atoms with Crippen LogP contribution in [0.5, 0.6) is 0 Å². The lowest BCUT2D eigenvalue weighted by atomic mass is 9.89. The van der Waals surface area contributed by atoms with Crippen molar-refractivity contribution in [1.82, 2.24) is 10.6 Å². The average molecular weight is 352 g/mol. The van der Waals surface area contributed by atoms with Crippen LogP contribution in [0.15, 0.2) is 24.3 Å². The number of fused-ring (bicyclic) bond motifs is 1. The number of anilines is 1. The van der Waals surface area contributed by atoms with Gasteiger partial charge in [0.1, 0.15) is 0 Å². The molecule has 5 nitrogen and oxygen atoms in total. The summed E-state index contributed by atoms with van der Waals surface area (Å²) in [5, 5.41) is 9.41. The van der Waals surface area contributed by atoms with Gasteiger partial charge in [0.2, 0.25) is 11.8 Å². The fourth-order valence-corrected chi connectivity index (χ4v) is 3.46. The summed E-state index contributed by atoms with van der Waals surface area (Å²) in [5.74, 6) is 0.445. The molecule has 0 bridgehead atoms. The molecule has 0 aliphatic carbocycles. The molecule has 0 radical (unpaired) electrons. The number of rotatable bonds is 4. The Balaban J connectivity index is 0.00000208. The van der Waals surface area contributed by atoms with Gasteiger partial charge in [-0.3, -0.25) is 9.59 Å². The van der Waals surface area contributed by atoms with Crippen molar-refractivity contribution in [1.29, 1.82) is 0 Å². The van der Waals surface area contributed by atoms with Crippen LogP contribution < -0.4 is 16.0 Å². The molecule has 24 heavy (non-hydrogen) atoms. The third kappa shape index (κ3) is 4.48. The van der Waals surface area contributed by atoms with E-state index >= 15 is 0 Å². The molecule has 1 aromatic rings. The maximum Gasteiger partial charge on any atom is 0.227 e. The fraction of sp³-hybridized carbons (Fsp3) is 0.556. The van der Waals surface area contributed by atoms with Gasteiger partial charge in [0.15, 0.2) is 0 Å². The highest BCUT2D eigenvalue weighted by Crippen LogP contribution is 2.27. The smallest absolute Gasteiger partial charge is 0.227 e. The molecule has 0 aromatic heterocycles. The molecule has 3 atom stereocenters. The molecular weight excluding hydrogens is 326 g/mol. The Kier molecular flexibility index (Phi) is 6.63. The number of hydrogen-bond donors (Lipinski definition) is 3. The Labute approximate surface area is 149 Å². The second-order valence-corrected chi connectivity index (χ2v) is 6.73. The Morgan fingerprint density at radius 3 is 2.92 bits per heavy atom. The normalized spacial score (nSPS) is 25.9. The largest absolute Gasteiger partial charge is 0.353 e. The summed E-state index contributed by atoms with van der Waals surface area (Å²) in [6.45, 7) is 4.06. The van der Waals surface area contributed by atoms with E-state index in [0.717, 1.165) is 37.2 Å². The monoisotopic (exact) mass is 351 g/mol. The first-order valence-corrected chi connectivity index (χ1v) is 8.52. The zero-order valence-corrected chi connectivity index (χ0v) is 14.8. The lowest BCUT2D eigenvalue weighted by Gasteiger charge is -2.30. The summed E-state index contributed by atoms with van der Waals surface area (Å²) in [5.41, 5.74) is 2.06. The molecule has 6 heteroatoms. The van der Waals surface area contributed by atoms with Crippen molar-refractivity contribution < 1.29 is 9.59 Å². The molecule has 3 unspecified atom stereocenters. The van der Waals surface area contributed by atoms with E-state index in [4.69, 9.17) is 0 Å². The van der Waals surface area contributed by atoms with Gasteiger partial charge in [-0.2, -0.15) is 0 Å². The van der Waals surface area contributed by atoms with Crippen LogP contribution in [0.1, 0.15) is 31.7 Å². The maximum atomic E-state index is 12.2. The van der Waals surface area contributed by atoms with Crippen molar-refractivity contribution in [3.63, 3.8) is 0 Å². The average Bonchev–Trinajstić information content (AvgIpc) is 2.55. The van der Waals surface area contributed by atoms with Gasteiger partial charge in [0, 0.05) is 24.1 Å². The molecule has 2 heterocycles. The molecule has 0 spiro atoms. The number of benzene rings is 1. The highest BCUT2D eigenvalue weighted by molar-refractivity contribution is 5.96. The minimum atomic E-state index is -0.110. The van der Waals surface area contributed by atoms with Gasteiger partial charge in [0.05, 0.1) is 0 Å². The quantitative estimate of drug-likeness (QED) is 0.778. The second kappa shape index (κ2) is 8.49. The van der Waals surface area contributed by atoms with Crippen molar-refractivity contribution in [2.45, 2.75) is 38.6 Å². The van der Waals surface area contributed by atoms with Crippen LogP contribution >= 0.6 is 12.4 Å². The minimum absolute atomic E-state index is 0. The van der Waals surface area contributed by atoms with E-state index < -0.39 is 0 Å². The highest BCUT2D eigenvalue weighted by atomic mass is 35.5. The van der Waals surface area contributed by atoms with Crippen molar-refractivity contribution in [3.05, 3.63) is 29.8 Å². The van der Waals surface area contributed by atoms with Crippen LogP contribution in [0, 0.1) is 11.8 Å². The molecule has 1 aromatic carbocycles. The van der Waals surface area contributed by atoms with Gasteiger partial charge in [-0.1, -0.05) is 25.1 Å². The zero-order valence-electron chi connectivity index (χ0n) is 14.0. The van der Waals surface area contributed by atoms with Crippen LogP contribution in [0.25, 0.3) is 0 Å². The molecule has 0 saturated carbocycles. The molecule has 1 fully saturated rings. The number of halogens is 1. The van der Waals surface area contributed by atoms with E-state index in [2.05, 4.69) is 22.9 Å². The summed E-state index contributed by atoms with van der Waals surface area (Å²) in [6, 6.07) is 8.13. The predicted octanol–water partition coefficient (Wildman–Crippen LogP) is 2.11. The van der Waals surface area contributed by atoms with Gasteiger partial charge in [0.25, 0.3) is 0 Å². The van der Waals surface area contributed by atoms with Crippen molar-refractivity contribution in [2.75, 3.05) is 18.4 Å². The fourth-order valence-electron chi connectivity index (χ4n) is 3.46. The van der Waals surface area contributed by atoms with E-state index in [1.54, 1.807) is 0 Å². The van der Waals surface area contributed by atoms with E-state index in [0.29, 0.717) is 18.8 Å². The minimum Gasteiger partial charge on any atom is -0.353 e. The van der Waals surface area contributed by atoms with Crippen LogP contribution in [0.3, 0.4) is 0 Å². The summed E-state index contributed by atoms with van der Waals surface area (Å²) in [4.78, 5) is 24.3. The van der Waals surface area contributed by atoms with Crippen LogP contribution in [-0.2, 0) is 16.0 Å². The van der Waals surface area contributed by atoms with Crippen LogP contribution in [-0.4, -0.2) is 30.9 Å². The molecule has 1 saturated heterocycles. The number of nitrogens with one attached hydrogen (secondary N) is 3. The van der Waals surface area contributed by atoms with Gasteiger partial charge < -0.3 is 16.0 Å². The SMILES string of the molecule is CC1CNCCC1NC(=O)CCC1Cc2ccccc2NC1=O.Cl. The number of hydrogen-bond acceptors (Lipinski definition) is 3. The maximum absolute atomic E-state index is 12.2. The molecule has 132 valence electrons. The first-order chi connectivity index (χ1) is 11.1. The second-order valence-electron chi connectivity index (χ2n) is 6.73. The highest BCUT2D eigenvalue weighted by Gasteiger charge is 2.27. The number of amides is 2. The van der Waals surface area contributed by atoms with E-state index in [9.17, 15) is 9.59 Å². The van der Waals surface area contributed by atoms with E-state index in [1.807, 2.05) is 24.3 Å². The van der Waals surface area contributed by atoms with Crippen molar-refractivity contribution in [2.24, 2.45) is 11.8 Å². The number of piperidine rings is 1. The standard InChI is InChI=1S/C18H25N3O2.ClH/c1-12-11-19-9-8-15(12)20-17(22)7-6-14-10-13-4-2-3-5-16(13)21-18(14)23;/h2-5,12,14-15,19H,6-11H2,1H3,(H,20,22)(H,21,23);1H. The summed E-state index contributed by atoms with van der Waals surface area (Å²) >= 11 is 0. The summed E-state index contributed by atoms with van der Waals surface area (Å²) in [6.07, 6.45) is 2.71. The number of carbonyl (C=O) groups excluding carboxylic acids is 2. The summed E-state index contributed by atoms with van der Waals surface area (Å²) in [7, 11) is 0. The molecule has 3 rings (SSSR count). The van der Waals surface area contributed by atoms with E-state index in [1.165, 1.54) is 0 Å². The topological polar surface area (TPSA) is 70.2 Å². The van der Waals surface area contributed by atoms with Crippen LogP contribution in [0.2, 0.25) is 0 Å². The summed E-state index contributed by atoms with van der Waals surface area (Å²) < 4.78 is 0. The molecule has 2 aliphatic rings. The third-order valence-corrected chi connectivity index (χ3v) is 4.96. The zero-order chi connectivity index (χ0) is 16.2. The lowest BCUT2D eigenvalue weighted by Crippen LogP contribution is -2.48. The van der Waals surface area contributed by atoms with E-state index in [-0.39, 0.29) is 36.2 Å². The van der Waals surface area contributed by atoms with Crippen molar-refractivity contribution in [3.8, 4) is 0 Å². The number of carbonyl (C=O) groups is 2. The molecule has 2 amide bonds. The van der Waals surface area contributed by atoms with Gasteiger partial charge in [-0.05, 0) is 49.9 Å². The Hall–Kier alpha value is -1.59.